The van der Waals surface area contributed by atoms with Crippen LogP contribution in [0.4, 0.5) is 0 Å². The smallest absolute Gasteiger partial charge is 0.194 e. The molecule has 0 atom stereocenters. The molecule has 1 aliphatic rings. The second-order valence-corrected chi connectivity index (χ2v) is 10.4. The highest BCUT2D eigenvalue weighted by Gasteiger charge is 2.40. The Hall–Kier alpha value is -0.0600. The molecular weight excluding hydrogens is 469 g/mol. The SMILES string of the molecule is CCNC(=NCc1ccc(Cl)s1)N1CCS(=O)(=O)C(C)(C)C1.I. The van der Waals surface area contributed by atoms with E-state index in [1.54, 1.807) is 13.8 Å². The summed E-state index contributed by atoms with van der Waals surface area (Å²) in [4.78, 5) is 7.74. The Bertz CT molecular complexity index is 659. The molecule has 1 saturated heterocycles. The van der Waals surface area contributed by atoms with Crippen molar-refractivity contribution < 1.29 is 8.42 Å². The fraction of sp³-hybridized carbons (Fsp3) is 0.643. The molecule has 0 aliphatic carbocycles. The molecule has 23 heavy (non-hydrogen) atoms. The average Bonchev–Trinajstić information content (AvgIpc) is 2.84. The van der Waals surface area contributed by atoms with Crippen molar-refractivity contribution in [2.24, 2.45) is 4.99 Å². The second-order valence-electron chi connectivity index (χ2n) is 5.88. The first-order chi connectivity index (χ1) is 10.2. The topological polar surface area (TPSA) is 61.8 Å². The van der Waals surface area contributed by atoms with Crippen molar-refractivity contribution in [2.75, 3.05) is 25.4 Å². The molecule has 2 rings (SSSR count). The lowest BCUT2D eigenvalue weighted by molar-refractivity contribution is 0.353. The first-order valence-corrected chi connectivity index (χ1v) is 10.1. The summed E-state index contributed by atoms with van der Waals surface area (Å²) >= 11 is 7.44. The minimum absolute atomic E-state index is 0. The molecule has 5 nitrogen and oxygen atoms in total. The summed E-state index contributed by atoms with van der Waals surface area (Å²) in [7, 11) is -3.05. The Morgan fingerprint density at radius 3 is 2.70 bits per heavy atom. The van der Waals surface area contributed by atoms with Crippen LogP contribution in [0.3, 0.4) is 0 Å². The predicted molar refractivity (Wildman–Crippen MR) is 109 cm³/mol. The maximum Gasteiger partial charge on any atom is 0.194 e. The van der Waals surface area contributed by atoms with Crippen LogP contribution in [0.25, 0.3) is 0 Å². The van der Waals surface area contributed by atoms with Gasteiger partial charge < -0.3 is 10.2 Å². The van der Waals surface area contributed by atoms with Crippen molar-refractivity contribution >= 4 is 62.7 Å². The molecule has 1 aromatic heterocycles. The quantitative estimate of drug-likeness (QED) is 0.401. The predicted octanol–water partition coefficient (Wildman–Crippen LogP) is 2.99. The minimum atomic E-state index is -3.05. The molecule has 1 N–H and O–H groups in total. The summed E-state index contributed by atoms with van der Waals surface area (Å²) in [5.41, 5.74) is 0. The van der Waals surface area contributed by atoms with E-state index in [2.05, 4.69) is 10.3 Å². The maximum absolute atomic E-state index is 12.1. The van der Waals surface area contributed by atoms with E-state index in [1.807, 2.05) is 24.0 Å². The molecule has 0 amide bonds. The summed E-state index contributed by atoms with van der Waals surface area (Å²) in [5, 5.41) is 3.25. The normalized spacial score (nSPS) is 20.0. The van der Waals surface area contributed by atoms with Crippen LogP contribution in [0.5, 0.6) is 0 Å². The van der Waals surface area contributed by atoms with Crippen molar-refractivity contribution in [1.82, 2.24) is 10.2 Å². The van der Waals surface area contributed by atoms with Gasteiger partial charge in [-0.05, 0) is 32.9 Å². The van der Waals surface area contributed by atoms with Gasteiger partial charge in [0.15, 0.2) is 15.8 Å². The standard InChI is InChI=1S/C14H22ClN3O2S2.HI/c1-4-16-13(17-9-11-5-6-12(15)21-11)18-7-8-22(19,20)14(2,3)10-18;/h5-6H,4,7-10H2,1-3H3,(H,16,17);1H. The minimum Gasteiger partial charge on any atom is -0.357 e. The molecule has 2 heterocycles. The summed E-state index contributed by atoms with van der Waals surface area (Å²) in [6, 6.07) is 3.82. The van der Waals surface area contributed by atoms with Gasteiger partial charge in [-0.15, -0.1) is 35.3 Å². The zero-order valence-corrected chi connectivity index (χ0v) is 18.2. The number of hydrogen-bond acceptors (Lipinski definition) is 4. The van der Waals surface area contributed by atoms with E-state index >= 15 is 0 Å². The van der Waals surface area contributed by atoms with Gasteiger partial charge >= 0.3 is 0 Å². The van der Waals surface area contributed by atoms with E-state index in [1.165, 1.54) is 11.3 Å². The number of aliphatic imine (C=N–C) groups is 1. The van der Waals surface area contributed by atoms with Crippen LogP contribution in [-0.4, -0.2) is 49.4 Å². The molecule has 0 radical (unpaired) electrons. The number of guanidine groups is 1. The Labute approximate surface area is 164 Å². The highest BCUT2D eigenvalue weighted by atomic mass is 127. The van der Waals surface area contributed by atoms with E-state index in [9.17, 15) is 8.42 Å². The first-order valence-electron chi connectivity index (χ1n) is 7.25. The fourth-order valence-corrected chi connectivity index (χ4v) is 4.72. The molecule has 0 spiro atoms. The lowest BCUT2D eigenvalue weighted by atomic mass is 10.2. The summed E-state index contributed by atoms with van der Waals surface area (Å²) in [6.45, 7) is 7.77. The molecule has 1 aromatic rings. The van der Waals surface area contributed by atoms with Crippen LogP contribution >= 0.6 is 46.9 Å². The largest absolute Gasteiger partial charge is 0.357 e. The van der Waals surface area contributed by atoms with Crippen LogP contribution in [0.15, 0.2) is 17.1 Å². The molecule has 9 heteroatoms. The molecule has 0 unspecified atom stereocenters. The number of rotatable bonds is 3. The third-order valence-electron chi connectivity index (χ3n) is 3.69. The Kier molecular flexibility index (Phi) is 7.62. The van der Waals surface area contributed by atoms with Gasteiger partial charge in [-0.3, -0.25) is 0 Å². The number of hydrogen-bond donors (Lipinski definition) is 1. The van der Waals surface area contributed by atoms with E-state index in [0.717, 1.165) is 21.7 Å². The van der Waals surface area contributed by atoms with Crippen LogP contribution in [-0.2, 0) is 16.4 Å². The van der Waals surface area contributed by atoms with Gasteiger partial charge in [-0.1, -0.05) is 11.6 Å². The highest BCUT2D eigenvalue weighted by molar-refractivity contribution is 14.0. The zero-order chi connectivity index (χ0) is 16.4. The van der Waals surface area contributed by atoms with E-state index in [4.69, 9.17) is 11.6 Å². The van der Waals surface area contributed by atoms with Crippen LogP contribution < -0.4 is 5.32 Å². The molecule has 0 aromatic carbocycles. The first kappa shape index (κ1) is 21.0. The second kappa shape index (κ2) is 8.35. The third kappa shape index (κ3) is 5.20. The number of thiophene rings is 1. The highest BCUT2D eigenvalue weighted by Crippen LogP contribution is 2.25. The molecule has 1 fully saturated rings. The fourth-order valence-electron chi connectivity index (χ4n) is 2.34. The van der Waals surface area contributed by atoms with Crippen molar-refractivity contribution in [1.29, 1.82) is 0 Å². The molecule has 0 bridgehead atoms. The average molecular weight is 492 g/mol. The van der Waals surface area contributed by atoms with Crippen molar-refractivity contribution in [3.05, 3.63) is 21.3 Å². The van der Waals surface area contributed by atoms with Gasteiger partial charge in [-0.2, -0.15) is 0 Å². The number of halogens is 2. The number of nitrogens with zero attached hydrogens (tertiary/aromatic N) is 2. The van der Waals surface area contributed by atoms with Crippen molar-refractivity contribution in [3.63, 3.8) is 0 Å². The van der Waals surface area contributed by atoms with Crippen molar-refractivity contribution in [3.8, 4) is 0 Å². The van der Waals surface area contributed by atoms with E-state index < -0.39 is 14.6 Å². The monoisotopic (exact) mass is 491 g/mol. The lowest BCUT2D eigenvalue weighted by Gasteiger charge is -2.39. The Morgan fingerprint density at radius 2 is 2.17 bits per heavy atom. The summed E-state index contributed by atoms with van der Waals surface area (Å²) < 4.78 is 24.2. The van der Waals surface area contributed by atoms with Crippen LogP contribution in [0, 0.1) is 0 Å². The third-order valence-corrected chi connectivity index (χ3v) is 7.44. The summed E-state index contributed by atoms with van der Waals surface area (Å²) in [6.07, 6.45) is 0. The number of nitrogens with one attached hydrogen (secondary N) is 1. The van der Waals surface area contributed by atoms with E-state index in [0.29, 0.717) is 19.6 Å². The Balaban J connectivity index is 0.00000264. The van der Waals surface area contributed by atoms with Gasteiger partial charge in [0.2, 0.25) is 0 Å². The zero-order valence-electron chi connectivity index (χ0n) is 13.5. The Morgan fingerprint density at radius 1 is 1.48 bits per heavy atom. The van der Waals surface area contributed by atoms with Crippen LogP contribution in [0.2, 0.25) is 4.34 Å². The lowest BCUT2D eigenvalue weighted by Crippen LogP contribution is -2.57. The van der Waals surface area contributed by atoms with E-state index in [-0.39, 0.29) is 29.7 Å². The molecular formula is C14H23ClIN3O2S2. The van der Waals surface area contributed by atoms with Crippen LogP contribution in [0.1, 0.15) is 25.6 Å². The van der Waals surface area contributed by atoms with Gasteiger partial charge in [0, 0.05) is 24.5 Å². The molecule has 1 aliphatic heterocycles. The number of sulfone groups is 1. The van der Waals surface area contributed by atoms with Gasteiger partial charge in [-0.25, -0.2) is 13.4 Å². The molecule has 132 valence electrons. The van der Waals surface area contributed by atoms with Gasteiger partial charge in [0.1, 0.15) is 0 Å². The van der Waals surface area contributed by atoms with Crippen molar-refractivity contribution in [2.45, 2.75) is 32.1 Å². The molecule has 0 saturated carbocycles. The van der Waals surface area contributed by atoms with Gasteiger partial charge in [0.05, 0.1) is 21.4 Å². The maximum atomic E-state index is 12.1. The summed E-state index contributed by atoms with van der Waals surface area (Å²) in [5.74, 6) is 0.921. The van der Waals surface area contributed by atoms with Gasteiger partial charge in [0.25, 0.3) is 0 Å².